The van der Waals surface area contributed by atoms with Gasteiger partial charge in [-0.2, -0.15) is 8.78 Å². The van der Waals surface area contributed by atoms with Crippen LogP contribution in [-0.4, -0.2) is 19.2 Å². The quantitative estimate of drug-likeness (QED) is 0.636. The highest BCUT2D eigenvalue weighted by atomic mass is 19.3. The van der Waals surface area contributed by atoms with E-state index in [2.05, 4.69) is 4.74 Å². The summed E-state index contributed by atoms with van der Waals surface area (Å²) in [5.74, 6) is -0.799. The van der Waals surface area contributed by atoms with Gasteiger partial charge in [0.25, 0.3) is 0 Å². The lowest BCUT2D eigenvalue weighted by Gasteiger charge is -2.08. The molecule has 88 valence electrons. The van der Waals surface area contributed by atoms with Crippen molar-refractivity contribution in [2.45, 2.75) is 13.5 Å². The van der Waals surface area contributed by atoms with Crippen LogP contribution in [0.15, 0.2) is 18.2 Å². The molecule has 16 heavy (non-hydrogen) atoms. The van der Waals surface area contributed by atoms with Crippen molar-refractivity contribution in [1.82, 2.24) is 0 Å². The fraction of sp³-hybridized carbons (Fsp3) is 0.300. The van der Waals surface area contributed by atoms with Gasteiger partial charge in [0.15, 0.2) is 0 Å². The van der Waals surface area contributed by atoms with Gasteiger partial charge in [-0.3, -0.25) is 0 Å². The van der Waals surface area contributed by atoms with Crippen LogP contribution in [0, 0.1) is 0 Å². The molecule has 0 saturated heterocycles. The SMILES string of the molecule is CCOC(=O)c1cc(OC(F)F)ccc1N. The summed E-state index contributed by atoms with van der Waals surface area (Å²) in [5.41, 5.74) is 5.67. The highest BCUT2D eigenvalue weighted by Crippen LogP contribution is 2.22. The molecule has 0 radical (unpaired) electrons. The predicted molar refractivity (Wildman–Crippen MR) is 53.4 cm³/mol. The molecule has 1 aromatic carbocycles. The molecule has 0 aliphatic rings. The third-order valence-corrected chi connectivity index (χ3v) is 1.75. The third-order valence-electron chi connectivity index (χ3n) is 1.75. The molecule has 0 amide bonds. The van der Waals surface area contributed by atoms with E-state index in [9.17, 15) is 13.6 Å². The molecule has 0 bridgehead atoms. The van der Waals surface area contributed by atoms with E-state index in [4.69, 9.17) is 10.5 Å². The minimum Gasteiger partial charge on any atom is -0.462 e. The van der Waals surface area contributed by atoms with Gasteiger partial charge in [0.2, 0.25) is 0 Å². The molecule has 1 aromatic rings. The van der Waals surface area contributed by atoms with Crippen molar-refractivity contribution in [3.05, 3.63) is 23.8 Å². The normalized spacial score (nSPS) is 10.2. The first-order valence-corrected chi connectivity index (χ1v) is 4.56. The molecule has 0 heterocycles. The maximum absolute atomic E-state index is 11.9. The van der Waals surface area contributed by atoms with E-state index in [0.717, 1.165) is 6.07 Å². The first-order chi connectivity index (χ1) is 7.54. The topological polar surface area (TPSA) is 61.5 Å². The molecule has 0 fully saturated rings. The van der Waals surface area contributed by atoms with Crippen molar-refractivity contribution in [2.24, 2.45) is 0 Å². The van der Waals surface area contributed by atoms with Gasteiger partial charge in [0.1, 0.15) is 5.75 Å². The first-order valence-electron chi connectivity index (χ1n) is 4.56. The maximum atomic E-state index is 11.9. The summed E-state index contributed by atoms with van der Waals surface area (Å²) in [4.78, 5) is 11.4. The number of carbonyl (C=O) groups excluding carboxylic acids is 1. The van der Waals surface area contributed by atoms with Crippen molar-refractivity contribution in [1.29, 1.82) is 0 Å². The zero-order valence-corrected chi connectivity index (χ0v) is 8.57. The van der Waals surface area contributed by atoms with Gasteiger partial charge in [-0.05, 0) is 25.1 Å². The molecule has 0 spiro atoms. The number of hydrogen-bond donors (Lipinski definition) is 1. The fourth-order valence-corrected chi connectivity index (χ4v) is 1.10. The molecule has 4 nitrogen and oxygen atoms in total. The largest absolute Gasteiger partial charge is 0.462 e. The molecule has 0 atom stereocenters. The number of benzene rings is 1. The number of esters is 1. The zero-order chi connectivity index (χ0) is 12.1. The summed E-state index contributed by atoms with van der Waals surface area (Å²) in [7, 11) is 0. The van der Waals surface area contributed by atoms with Gasteiger partial charge in [0, 0.05) is 5.69 Å². The highest BCUT2D eigenvalue weighted by molar-refractivity contribution is 5.95. The monoisotopic (exact) mass is 231 g/mol. The predicted octanol–water partition coefficient (Wildman–Crippen LogP) is 2.05. The van der Waals surface area contributed by atoms with Gasteiger partial charge < -0.3 is 15.2 Å². The molecule has 0 aliphatic carbocycles. The minimum absolute atomic E-state index is 0.0139. The second-order valence-electron chi connectivity index (χ2n) is 2.85. The summed E-state index contributed by atoms with van der Waals surface area (Å²) in [6.07, 6.45) is 0. The van der Waals surface area contributed by atoms with E-state index < -0.39 is 12.6 Å². The Balaban J connectivity index is 2.94. The maximum Gasteiger partial charge on any atom is 0.387 e. The molecule has 0 aliphatic heterocycles. The highest BCUT2D eigenvalue weighted by Gasteiger charge is 2.13. The average Bonchev–Trinajstić information content (AvgIpc) is 2.20. The molecular weight excluding hydrogens is 220 g/mol. The first kappa shape index (κ1) is 12.2. The summed E-state index contributed by atoms with van der Waals surface area (Å²) in [6, 6.07) is 3.69. The van der Waals surface area contributed by atoms with E-state index in [1.807, 2.05) is 0 Å². The van der Waals surface area contributed by atoms with Crippen LogP contribution in [0.3, 0.4) is 0 Å². The number of alkyl halides is 2. The van der Waals surface area contributed by atoms with Gasteiger partial charge in [0.05, 0.1) is 12.2 Å². The van der Waals surface area contributed by atoms with Crippen LogP contribution in [-0.2, 0) is 4.74 Å². The van der Waals surface area contributed by atoms with Crippen molar-refractivity contribution in [3.63, 3.8) is 0 Å². The Kier molecular flexibility index (Phi) is 4.04. The number of nitrogen functional groups attached to an aromatic ring is 1. The summed E-state index contributed by atoms with van der Waals surface area (Å²) in [5, 5.41) is 0. The Hall–Kier alpha value is -1.85. The zero-order valence-electron chi connectivity index (χ0n) is 8.57. The molecular formula is C10H11F2NO3. The molecule has 1 rings (SSSR count). The summed E-state index contributed by atoms with van der Waals surface area (Å²) in [6.45, 7) is -1.13. The number of rotatable bonds is 4. The smallest absolute Gasteiger partial charge is 0.387 e. The van der Waals surface area contributed by atoms with Crippen molar-refractivity contribution >= 4 is 11.7 Å². The Morgan fingerprint density at radius 1 is 1.50 bits per heavy atom. The second kappa shape index (κ2) is 5.29. The van der Waals surface area contributed by atoms with Gasteiger partial charge in [-0.25, -0.2) is 4.79 Å². The van der Waals surface area contributed by atoms with Crippen molar-refractivity contribution < 1.29 is 23.0 Å². The van der Waals surface area contributed by atoms with Crippen LogP contribution in [0.25, 0.3) is 0 Å². The minimum atomic E-state index is -2.95. The van der Waals surface area contributed by atoms with Gasteiger partial charge in [-0.15, -0.1) is 0 Å². The Bertz CT molecular complexity index is 382. The summed E-state index contributed by atoms with van der Waals surface area (Å²) >= 11 is 0. The van der Waals surface area contributed by atoms with E-state index in [1.165, 1.54) is 12.1 Å². The number of anilines is 1. The van der Waals surface area contributed by atoms with E-state index in [1.54, 1.807) is 6.92 Å². The molecule has 0 saturated carbocycles. The van der Waals surface area contributed by atoms with Crippen LogP contribution in [0.5, 0.6) is 5.75 Å². The van der Waals surface area contributed by atoms with E-state index in [-0.39, 0.29) is 23.6 Å². The van der Waals surface area contributed by atoms with Crippen LogP contribution in [0.2, 0.25) is 0 Å². The molecule has 0 aromatic heterocycles. The number of nitrogens with two attached hydrogens (primary N) is 1. The van der Waals surface area contributed by atoms with Crippen LogP contribution in [0.1, 0.15) is 17.3 Å². The molecule has 0 unspecified atom stereocenters. The molecule has 2 N–H and O–H groups in total. The Labute approximate surface area is 91.0 Å². The van der Waals surface area contributed by atoms with Gasteiger partial charge in [-0.1, -0.05) is 0 Å². The standard InChI is InChI=1S/C10H11F2NO3/c1-2-15-9(14)7-5-6(16-10(11)12)3-4-8(7)13/h3-5,10H,2,13H2,1H3. The lowest BCUT2D eigenvalue weighted by Crippen LogP contribution is -2.09. The van der Waals surface area contributed by atoms with Crippen LogP contribution in [0.4, 0.5) is 14.5 Å². The Morgan fingerprint density at radius 3 is 2.75 bits per heavy atom. The van der Waals surface area contributed by atoms with Gasteiger partial charge >= 0.3 is 12.6 Å². The lowest BCUT2D eigenvalue weighted by molar-refractivity contribution is -0.0499. The molecule has 6 heteroatoms. The van der Waals surface area contributed by atoms with Crippen LogP contribution >= 0.6 is 0 Å². The van der Waals surface area contributed by atoms with Crippen molar-refractivity contribution in [2.75, 3.05) is 12.3 Å². The van der Waals surface area contributed by atoms with Crippen molar-refractivity contribution in [3.8, 4) is 5.75 Å². The average molecular weight is 231 g/mol. The second-order valence-corrected chi connectivity index (χ2v) is 2.85. The van der Waals surface area contributed by atoms with E-state index in [0.29, 0.717) is 0 Å². The lowest BCUT2D eigenvalue weighted by atomic mass is 10.2. The summed E-state index contributed by atoms with van der Waals surface area (Å²) < 4.78 is 32.7. The number of ether oxygens (including phenoxy) is 2. The van der Waals surface area contributed by atoms with Crippen LogP contribution < -0.4 is 10.5 Å². The Morgan fingerprint density at radius 2 is 2.19 bits per heavy atom. The number of hydrogen-bond acceptors (Lipinski definition) is 4. The fourth-order valence-electron chi connectivity index (χ4n) is 1.10. The number of carbonyl (C=O) groups is 1. The number of halogens is 2. The third kappa shape index (κ3) is 3.08. The van der Waals surface area contributed by atoms with E-state index >= 15 is 0 Å².